The molecule has 0 aromatic carbocycles. The minimum Gasteiger partial charge on any atom is -0.342 e. The number of hydrogen-bond acceptors (Lipinski definition) is 2. The predicted molar refractivity (Wildman–Crippen MR) is 55.3 cm³/mol. The molecule has 0 amide bonds. The number of nitrogens with zero attached hydrogens (tertiary/aromatic N) is 2. The van der Waals surface area contributed by atoms with Crippen LogP contribution < -0.4 is 11.3 Å². The molecule has 13 heavy (non-hydrogen) atoms. The first-order valence-corrected chi connectivity index (χ1v) is 5.04. The van der Waals surface area contributed by atoms with Crippen molar-refractivity contribution in [1.82, 2.24) is 10.3 Å². The molecule has 1 rings (SSSR count). The first kappa shape index (κ1) is 10.3. The third kappa shape index (κ3) is 2.88. The van der Waals surface area contributed by atoms with Crippen LogP contribution in [0.1, 0.15) is 26.7 Å². The lowest BCUT2D eigenvalue weighted by Gasteiger charge is -2.19. The van der Waals surface area contributed by atoms with Crippen LogP contribution in [0, 0.1) is 5.92 Å². The summed E-state index contributed by atoms with van der Waals surface area (Å²) in [4.78, 5) is 6.61. The largest absolute Gasteiger partial charge is 0.342 e. The Labute approximate surface area is 80.2 Å². The van der Waals surface area contributed by atoms with E-state index in [1.54, 1.807) is 0 Å². The zero-order valence-corrected chi connectivity index (χ0v) is 8.58. The number of hydrogen-bond donors (Lipinski definition) is 2. The molecule has 4 heteroatoms. The van der Waals surface area contributed by atoms with Crippen LogP contribution in [0.2, 0.25) is 0 Å². The number of nitrogens with two attached hydrogens (primary N) is 1. The molecule has 0 bridgehead atoms. The van der Waals surface area contributed by atoms with Crippen molar-refractivity contribution < 1.29 is 0 Å². The maximum absolute atomic E-state index is 5.42. The van der Waals surface area contributed by atoms with E-state index in [0.29, 0.717) is 0 Å². The van der Waals surface area contributed by atoms with Crippen LogP contribution in [-0.4, -0.2) is 30.5 Å². The van der Waals surface area contributed by atoms with Gasteiger partial charge in [-0.15, -0.1) is 0 Å². The average Bonchev–Trinajstić information content (AvgIpc) is 2.54. The highest BCUT2D eigenvalue weighted by atomic mass is 15.4. The summed E-state index contributed by atoms with van der Waals surface area (Å²) in [6, 6.07) is 0. The minimum absolute atomic E-state index is 0.764. The summed E-state index contributed by atoms with van der Waals surface area (Å²) >= 11 is 0. The highest BCUT2D eigenvalue weighted by Gasteiger charge is 2.20. The molecule has 0 spiro atoms. The fourth-order valence-electron chi connectivity index (χ4n) is 1.58. The Hall–Kier alpha value is -0.770. The topological polar surface area (TPSA) is 53.6 Å². The molecular weight excluding hydrogens is 164 g/mol. The summed E-state index contributed by atoms with van der Waals surface area (Å²) in [5.74, 6) is 7.03. The number of likely N-dealkylation sites (tertiary alicyclic amines) is 1. The molecule has 1 aliphatic rings. The molecule has 0 aliphatic carbocycles. The van der Waals surface area contributed by atoms with Gasteiger partial charge >= 0.3 is 0 Å². The SMILES string of the molecule is CCCN=C(NN)N1CCC(C)C1. The molecule has 76 valence electrons. The van der Waals surface area contributed by atoms with Gasteiger partial charge in [-0.25, -0.2) is 5.84 Å². The Bertz CT molecular complexity index is 178. The van der Waals surface area contributed by atoms with Crippen LogP contribution in [0.5, 0.6) is 0 Å². The van der Waals surface area contributed by atoms with E-state index < -0.39 is 0 Å². The van der Waals surface area contributed by atoms with Gasteiger partial charge in [0.1, 0.15) is 0 Å². The van der Waals surface area contributed by atoms with Gasteiger partial charge in [0.15, 0.2) is 0 Å². The summed E-state index contributed by atoms with van der Waals surface area (Å²) in [6.07, 6.45) is 2.31. The smallest absolute Gasteiger partial charge is 0.208 e. The summed E-state index contributed by atoms with van der Waals surface area (Å²) in [6.45, 7) is 7.38. The van der Waals surface area contributed by atoms with Gasteiger partial charge in [0.05, 0.1) is 0 Å². The molecule has 1 heterocycles. The van der Waals surface area contributed by atoms with Gasteiger partial charge in [0, 0.05) is 19.6 Å². The molecule has 0 saturated carbocycles. The van der Waals surface area contributed by atoms with Crippen LogP contribution in [0.25, 0.3) is 0 Å². The van der Waals surface area contributed by atoms with E-state index in [9.17, 15) is 0 Å². The minimum atomic E-state index is 0.764. The first-order chi connectivity index (χ1) is 6.27. The van der Waals surface area contributed by atoms with E-state index in [0.717, 1.165) is 37.9 Å². The summed E-state index contributed by atoms with van der Waals surface area (Å²) in [5, 5.41) is 0. The van der Waals surface area contributed by atoms with Crippen molar-refractivity contribution in [3.8, 4) is 0 Å². The quantitative estimate of drug-likeness (QED) is 0.285. The predicted octanol–water partition coefficient (Wildman–Crippen LogP) is 0.558. The number of guanidine groups is 1. The number of aliphatic imine (C=N–C) groups is 1. The van der Waals surface area contributed by atoms with Gasteiger partial charge in [-0.2, -0.15) is 0 Å². The van der Waals surface area contributed by atoms with Crippen molar-refractivity contribution in [3.05, 3.63) is 0 Å². The lowest BCUT2D eigenvalue weighted by molar-refractivity contribution is 0.472. The van der Waals surface area contributed by atoms with Gasteiger partial charge in [0.2, 0.25) is 5.96 Å². The maximum atomic E-state index is 5.42. The van der Waals surface area contributed by atoms with Crippen LogP contribution in [0.3, 0.4) is 0 Å². The van der Waals surface area contributed by atoms with Crippen LogP contribution in [0.15, 0.2) is 4.99 Å². The molecule has 1 atom stereocenters. The molecule has 0 aromatic heterocycles. The van der Waals surface area contributed by atoms with Crippen molar-refractivity contribution in [3.63, 3.8) is 0 Å². The monoisotopic (exact) mass is 184 g/mol. The van der Waals surface area contributed by atoms with Crippen molar-refractivity contribution in [1.29, 1.82) is 0 Å². The lowest BCUT2D eigenvalue weighted by Crippen LogP contribution is -2.43. The Morgan fingerprint density at radius 2 is 2.46 bits per heavy atom. The molecule has 1 unspecified atom stereocenters. The van der Waals surface area contributed by atoms with Gasteiger partial charge in [0.25, 0.3) is 0 Å². The van der Waals surface area contributed by atoms with Gasteiger partial charge in [-0.05, 0) is 18.8 Å². The van der Waals surface area contributed by atoms with Crippen molar-refractivity contribution >= 4 is 5.96 Å². The third-order valence-corrected chi connectivity index (χ3v) is 2.34. The molecule has 3 N–H and O–H groups in total. The Morgan fingerprint density at radius 1 is 1.69 bits per heavy atom. The second kappa shape index (κ2) is 5.07. The molecule has 0 radical (unpaired) electrons. The van der Waals surface area contributed by atoms with E-state index >= 15 is 0 Å². The fraction of sp³-hybridized carbons (Fsp3) is 0.889. The lowest BCUT2D eigenvalue weighted by atomic mass is 10.2. The summed E-state index contributed by atoms with van der Waals surface area (Å²) in [5.41, 5.74) is 2.68. The maximum Gasteiger partial charge on any atom is 0.208 e. The van der Waals surface area contributed by atoms with E-state index in [-0.39, 0.29) is 0 Å². The van der Waals surface area contributed by atoms with E-state index in [1.165, 1.54) is 6.42 Å². The molecular formula is C9H20N4. The van der Waals surface area contributed by atoms with Gasteiger partial charge in [-0.3, -0.25) is 10.4 Å². The van der Waals surface area contributed by atoms with Crippen LogP contribution in [-0.2, 0) is 0 Å². The normalized spacial score (nSPS) is 23.8. The van der Waals surface area contributed by atoms with Crippen molar-refractivity contribution in [2.75, 3.05) is 19.6 Å². The van der Waals surface area contributed by atoms with Gasteiger partial charge in [-0.1, -0.05) is 13.8 Å². The average molecular weight is 184 g/mol. The van der Waals surface area contributed by atoms with Gasteiger partial charge < -0.3 is 4.90 Å². The zero-order chi connectivity index (χ0) is 9.68. The van der Waals surface area contributed by atoms with Crippen LogP contribution >= 0.6 is 0 Å². The third-order valence-electron chi connectivity index (χ3n) is 2.34. The first-order valence-electron chi connectivity index (χ1n) is 5.04. The van der Waals surface area contributed by atoms with Crippen LogP contribution in [0.4, 0.5) is 0 Å². The Morgan fingerprint density at radius 3 is 2.92 bits per heavy atom. The van der Waals surface area contributed by atoms with E-state index in [2.05, 4.69) is 29.2 Å². The molecule has 0 aromatic rings. The highest BCUT2D eigenvalue weighted by Crippen LogP contribution is 2.14. The van der Waals surface area contributed by atoms with Crippen molar-refractivity contribution in [2.45, 2.75) is 26.7 Å². The molecule has 4 nitrogen and oxygen atoms in total. The van der Waals surface area contributed by atoms with E-state index in [4.69, 9.17) is 5.84 Å². The highest BCUT2D eigenvalue weighted by molar-refractivity contribution is 5.79. The van der Waals surface area contributed by atoms with E-state index in [1.807, 2.05) is 0 Å². The standard InChI is InChI=1S/C9H20N4/c1-3-5-11-9(12-10)13-6-4-8(2)7-13/h8H,3-7,10H2,1-2H3,(H,11,12). The molecule has 1 fully saturated rings. The number of hydrazine groups is 1. The summed E-state index contributed by atoms with van der Waals surface area (Å²) < 4.78 is 0. The molecule has 1 saturated heterocycles. The Balaban J connectivity index is 2.46. The Kier molecular flexibility index (Phi) is 4.02. The summed E-state index contributed by atoms with van der Waals surface area (Å²) in [7, 11) is 0. The second-order valence-corrected chi connectivity index (χ2v) is 3.69. The molecule has 1 aliphatic heterocycles. The second-order valence-electron chi connectivity index (χ2n) is 3.69. The number of rotatable bonds is 2. The zero-order valence-electron chi connectivity index (χ0n) is 8.58. The number of nitrogens with one attached hydrogen (secondary N) is 1. The van der Waals surface area contributed by atoms with Crippen molar-refractivity contribution in [2.24, 2.45) is 16.8 Å². The fourth-order valence-corrected chi connectivity index (χ4v) is 1.58.